The Hall–Kier alpha value is -2.50. The maximum absolute atomic E-state index is 12.9. The van der Waals surface area contributed by atoms with Gasteiger partial charge in [-0.1, -0.05) is 5.11 Å². The largest absolute Gasteiger partial charge is 0.427 e. The van der Waals surface area contributed by atoms with Gasteiger partial charge in [0.25, 0.3) is 5.91 Å². The minimum Gasteiger partial charge on any atom is -0.427 e. The van der Waals surface area contributed by atoms with Crippen molar-refractivity contribution in [1.29, 1.82) is 0 Å². The summed E-state index contributed by atoms with van der Waals surface area (Å²) in [4.78, 5) is 48.4. The summed E-state index contributed by atoms with van der Waals surface area (Å²) < 4.78 is 15.4. The number of carbonyl (C=O) groups is 3. The molecule has 0 N–H and O–H groups in total. The Kier molecular flexibility index (Phi) is 8.55. The molecule has 35 heavy (non-hydrogen) atoms. The molecule has 3 fully saturated rings. The van der Waals surface area contributed by atoms with Gasteiger partial charge in [-0.2, -0.15) is 0 Å². The van der Waals surface area contributed by atoms with Gasteiger partial charge in [0.1, 0.15) is 11.4 Å². The lowest BCUT2D eigenvalue weighted by molar-refractivity contribution is -0.179. The third kappa shape index (κ3) is 6.39. The van der Waals surface area contributed by atoms with Crippen molar-refractivity contribution in [1.82, 2.24) is 9.80 Å². The zero-order valence-electron chi connectivity index (χ0n) is 20.9. The molecule has 0 aromatic rings. The van der Waals surface area contributed by atoms with E-state index in [1.807, 2.05) is 13.8 Å². The Morgan fingerprint density at radius 2 is 1.94 bits per heavy atom. The highest BCUT2D eigenvalue weighted by Gasteiger charge is 2.64. The number of rotatable bonds is 9. The molecule has 3 saturated heterocycles. The maximum Gasteiger partial charge on any atom is 0.333 e. The standard InChI is InChI=1S/C22H34N6O6S/c1-21(2,3)20(31)34-13-33-19(30)16-22(4,5)35-18-15(17(29)28(16)18)24-12-27-9-6-14(7-10-27)32-11-8-25-26-23/h12,14-16,18H,6-11,13H2,1-5H3/t15-,16+,18-/m1/s1. The third-order valence-electron chi connectivity index (χ3n) is 6.11. The molecule has 0 spiro atoms. The number of ether oxygens (including phenoxy) is 3. The third-order valence-corrected chi connectivity index (χ3v) is 7.67. The van der Waals surface area contributed by atoms with E-state index >= 15 is 0 Å². The zero-order valence-corrected chi connectivity index (χ0v) is 21.7. The number of aliphatic imine (C=N–C) groups is 1. The molecule has 0 aromatic heterocycles. The second kappa shape index (κ2) is 11.0. The lowest BCUT2D eigenvalue weighted by atomic mass is 9.96. The topological polar surface area (TPSA) is 146 Å². The van der Waals surface area contributed by atoms with E-state index in [1.165, 1.54) is 16.7 Å². The van der Waals surface area contributed by atoms with Crippen LogP contribution in [0.15, 0.2) is 10.1 Å². The first-order chi connectivity index (χ1) is 16.5. The van der Waals surface area contributed by atoms with E-state index in [2.05, 4.69) is 19.9 Å². The van der Waals surface area contributed by atoms with Crippen LogP contribution in [0.1, 0.15) is 47.5 Å². The molecule has 12 nitrogen and oxygen atoms in total. The molecular weight excluding hydrogens is 476 g/mol. The van der Waals surface area contributed by atoms with E-state index in [-0.39, 0.29) is 17.4 Å². The molecular formula is C22H34N6O6S. The van der Waals surface area contributed by atoms with Crippen molar-refractivity contribution < 1.29 is 28.6 Å². The van der Waals surface area contributed by atoms with Crippen molar-refractivity contribution >= 4 is 35.9 Å². The molecule has 0 bridgehead atoms. The average molecular weight is 511 g/mol. The number of β-lactam (4-membered cyclic amide) rings is 1. The molecule has 3 heterocycles. The first kappa shape index (κ1) is 27.1. The van der Waals surface area contributed by atoms with Gasteiger partial charge in [0.05, 0.1) is 24.5 Å². The molecule has 13 heteroatoms. The van der Waals surface area contributed by atoms with Crippen molar-refractivity contribution in [3.63, 3.8) is 0 Å². The number of carbonyl (C=O) groups excluding carboxylic acids is 3. The number of azide groups is 1. The molecule has 3 atom stereocenters. The maximum atomic E-state index is 12.9. The first-order valence-corrected chi connectivity index (χ1v) is 12.6. The Labute approximate surface area is 209 Å². The van der Waals surface area contributed by atoms with Crippen molar-refractivity contribution in [2.24, 2.45) is 15.5 Å². The van der Waals surface area contributed by atoms with E-state index in [0.29, 0.717) is 13.2 Å². The second-order valence-corrected chi connectivity index (χ2v) is 12.1. The summed E-state index contributed by atoms with van der Waals surface area (Å²) in [5, 5.41) is 3.22. The van der Waals surface area contributed by atoms with Crippen LogP contribution in [0.5, 0.6) is 0 Å². The predicted octanol–water partition coefficient (Wildman–Crippen LogP) is 2.33. The van der Waals surface area contributed by atoms with Gasteiger partial charge in [-0.15, -0.1) is 11.8 Å². The summed E-state index contributed by atoms with van der Waals surface area (Å²) in [6, 6.07) is -1.32. The van der Waals surface area contributed by atoms with Crippen LogP contribution < -0.4 is 0 Å². The summed E-state index contributed by atoms with van der Waals surface area (Å²) in [6.45, 7) is 10.7. The molecule has 0 unspecified atom stereocenters. The molecule has 0 aliphatic carbocycles. The van der Waals surface area contributed by atoms with Crippen molar-refractivity contribution in [2.75, 3.05) is 33.0 Å². The summed E-state index contributed by atoms with van der Waals surface area (Å²) >= 11 is 1.52. The normalized spacial score (nSPS) is 26.2. The van der Waals surface area contributed by atoms with Gasteiger partial charge in [0, 0.05) is 29.3 Å². The number of hydrogen-bond acceptors (Lipinski definition) is 9. The number of esters is 2. The number of fused-ring (bicyclic) bond motifs is 1. The monoisotopic (exact) mass is 510 g/mol. The van der Waals surface area contributed by atoms with E-state index in [0.717, 1.165) is 25.9 Å². The molecule has 3 aliphatic rings. The summed E-state index contributed by atoms with van der Waals surface area (Å²) in [7, 11) is 0. The summed E-state index contributed by atoms with van der Waals surface area (Å²) in [6.07, 6.45) is 3.49. The minimum atomic E-state index is -0.775. The minimum absolute atomic E-state index is 0.120. The van der Waals surface area contributed by atoms with Gasteiger partial charge in [0.15, 0.2) is 6.04 Å². The molecule has 0 saturated carbocycles. The van der Waals surface area contributed by atoms with Crippen LogP contribution in [0, 0.1) is 5.41 Å². The molecule has 3 rings (SSSR count). The van der Waals surface area contributed by atoms with E-state index in [1.54, 1.807) is 27.1 Å². The van der Waals surface area contributed by atoms with Crippen molar-refractivity contribution in [2.45, 2.75) is 75.8 Å². The Balaban J connectivity index is 1.49. The highest BCUT2D eigenvalue weighted by atomic mass is 32.2. The van der Waals surface area contributed by atoms with Crippen molar-refractivity contribution in [3.05, 3.63) is 10.4 Å². The predicted molar refractivity (Wildman–Crippen MR) is 129 cm³/mol. The number of piperidine rings is 1. The number of nitrogens with zero attached hydrogens (tertiary/aromatic N) is 6. The van der Waals surface area contributed by atoms with Crippen LogP contribution in [0.2, 0.25) is 0 Å². The number of amides is 1. The summed E-state index contributed by atoms with van der Waals surface area (Å²) in [5.41, 5.74) is 7.60. The Bertz CT molecular complexity index is 891. The van der Waals surface area contributed by atoms with Crippen molar-refractivity contribution in [3.8, 4) is 0 Å². The van der Waals surface area contributed by atoms with Gasteiger partial charge >= 0.3 is 11.9 Å². The second-order valence-electron chi connectivity index (χ2n) is 10.3. The lowest BCUT2D eigenvalue weighted by Crippen LogP contribution is -2.65. The van der Waals surface area contributed by atoms with E-state index in [9.17, 15) is 14.4 Å². The van der Waals surface area contributed by atoms with Crippen LogP contribution in [0.25, 0.3) is 10.4 Å². The van der Waals surface area contributed by atoms with Crippen LogP contribution in [-0.4, -0.2) is 95.3 Å². The fraction of sp³-hybridized carbons (Fsp3) is 0.818. The SMILES string of the molecule is CC(C)(C)C(=O)OCOC(=O)[C@@H]1N2C(=O)[C@@H](N=CN3CCC(OCCN=[N+]=[N-])CC3)[C@H]2SC1(C)C. The van der Waals surface area contributed by atoms with Crippen LogP contribution in [-0.2, 0) is 28.6 Å². The average Bonchev–Trinajstić information content (AvgIpc) is 3.04. The summed E-state index contributed by atoms with van der Waals surface area (Å²) in [5.74, 6) is -1.28. The molecule has 0 aromatic carbocycles. The number of likely N-dealkylation sites (tertiary alicyclic amines) is 1. The van der Waals surface area contributed by atoms with E-state index in [4.69, 9.17) is 19.7 Å². The Morgan fingerprint density at radius 1 is 1.26 bits per heavy atom. The lowest BCUT2D eigenvalue weighted by Gasteiger charge is -2.42. The van der Waals surface area contributed by atoms with Crippen LogP contribution >= 0.6 is 11.8 Å². The van der Waals surface area contributed by atoms with Gasteiger partial charge in [-0.05, 0) is 53.0 Å². The smallest absolute Gasteiger partial charge is 0.333 e. The number of thioether (sulfide) groups is 1. The molecule has 1 amide bonds. The Morgan fingerprint density at radius 3 is 2.57 bits per heavy atom. The van der Waals surface area contributed by atoms with Crippen LogP contribution in [0.4, 0.5) is 0 Å². The fourth-order valence-electron chi connectivity index (χ4n) is 4.18. The molecule has 194 valence electrons. The highest BCUT2D eigenvalue weighted by Crippen LogP contribution is 2.51. The van der Waals surface area contributed by atoms with Gasteiger partial charge < -0.3 is 24.0 Å². The highest BCUT2D eigenvalue weighted by molar-refractivity contribution is 8.01. The zero-order chi connectivity index (χ0) is 25.8. The van der Waals surface area contributed by atoms with E-state index < -0.39 is 41.0 Å². The van der Waals surface area contributed by atoms with Gasteiger partial charge in [-0.25, -0.2) is 4.79 Å². The number of hydrogen-bond donors (Lipinski definition) is 0. The first-order valence-electron chi connectivity index (χ1n) is 11.7. The molecule has 0 radical (unpaired) electrons. The van der Waals surface area contributed by atoms with Crippen LogP contribution in [0.3, 0.4) is 0 Å². The van der Waals surface area contributed by atoms with Gasteiger partial charge in [0.2, 0.25) is 6.79 Å². The molecule has 3 aliphatic heterocycles. The quantitative estimate of drug-likeness (QED) is 0.0528. The van der Waals surface area contributed by atoms with Gasteiger partial charge in [-0.3, -0.25) is 14.6 Å². The fourth-order valence-corrected chi connectivity index (χ4v) is 5.79.